The van der Waals surface area contributed by atoms with Gasteiger partial charge in [0, 0.05) is 45.4 Å². The molecule has 0 spiro atoms. The van der Waals surface area contributed by atoms with Crippen LogP contribution in [0.1, 0.15) is 31.7 Å². The SMILES string of the molecule is COc1ccc(CCC(=O)N2CCN(C(=O)CCC(C)=O)CC2)cc1OC. The van der Waals surface area contributed by atoms with Gasteiger partial charge in [-0.05, 0) is 31.0 Å². The van der Waals surface area contributed by atoms with E-state index in [1.54, 1.807) is 24.0 Å². The third kappa shape index (κ3) is 5.98. The van der Waals surface area contributed by atoms with Gasteiger partial charge in [-0.3, -0.25) is 9.59 Å². The molecule has 1 aliphatic heterocycles. The first-order valence-corrected chi connectivity index (χ1v) is 9.20. The fraction of sp³-hybridized carbons (Fsp3) is 0.550. The van der Waals surface area contributed by atoms with Crippen molar-refractivity contribution in [1.29, 1.82) is 0 Å². The van der Waals surface area contributed by atoms with Crippen LogP contribution in [0.2, 0.25) is 0 Å². The summed E-state index contributed by atoms with van der Waals surface area (Å²) in [6.07, 6.45) is 1.57. The smallest absolute Gasteiger partial charge is 0.223 e. The highest BCUT2D eigenvalue weighted by Crippen LogP contribution is 2.28. The largest absolute Gasteiger partial charge is 0.493 e. The normalized spacial score (nSPS) is 14.0. The number of hydrogen-bond donors (Lipinski definition) is 0. The van der Waals surface area contributed by atoms with Crippen LogP contribution in [0.3, 0.4) is 0 Å². The van der Waals surface area contributed by atoms with Crippen molar-refractivity contribution in [2.45, 2.75) is 32.6 Å². The lowest BCUT2D eigenvalue weighted by molar-refractivity contribution is -0.140. The van der Waals surface area contributed by atoms with Gasteiger partial charge in [-0.2, -0.15) is 0 Å². The van der Waals surface area contributed by atoms with Gasteiger partial charge in [-0.15, -0.1) is 0 Å². The Balaban J connectivity index is 1.79. The predicted molar refractivity (Wildman–Crippen MR) is 101 cm³/mol. The van der Waals surface area contributed by atoms with E-state index in [2.05, 4.69) is 0 Å². The number of benzene rings is 1. The highest BCUT2D eigenvalue weighted by Gasteiger charge is 2.23. The summed E-state index contributed by atoms with van der Waals surface area (Å²) >= 11 is 0. The number of ether oxygens (including phenoxy) is 2. The number of carbonyl (C=O) groups excluding carboxylic acids is 3. The number of nitrogens with zero attached hydrogens (tertiary/aromatic N) is 2. The molecular formula is C20H28N2O5. The molecule has 1 saturated heterocycles. The molecule has 0 unspecified atom stereocenters. The highest BCUT2D eigenvalue weighted by molar-refractivity contribution is 5.84. The van der Waals surface area contributed by atoms with E-state index in [-0.39, 0.29) is 30.4 Å². The number of amides is 2. The average Bonchev–Trinajstić information content (AvgIpc) is 2.69. The summed E-state index contributed by atoms with van der Waals surface area (Å²) in [5.41, 5.74) is 1.01. The lowest BCUT2D eigenvalue weighted by atomic mass is 10.1. The second-order valence-electron chi connectivity index (χ2n) is 6.65. The summed E-state index contributed by atoms with van der Waals surface area (Å²) < 4.78 is 10.5. The van der Waals surface area contributed by atoms with Gasteiger partial charge in [0.05, 0.1) is 14.2 Å². The topological polar surface area (TPSA) is 76.2 Å². The Morgan fingerprint density at radius 2 is 1.41 bits per heavy atom. The van der Waals surface area contributed by atoms with E-state index in [0.717, 1.165) is 5.56 Å². The Morgan fingerprint density at radius 1 is 0.852 bits per heavy atom. The third-order valence-electron chi connectivity index (χ3n) is 4.75. The molecule has 0 radical (unpaired) electrons. The minimum absolute atomic E-state index is 0.0115. The predicted octanol–water partition coefficient (Wildman–Crippen LogP) is 1.68. The second-order valence-corrected chi connectivity index (χ2v) is 6.65. The fourth-order valence-electron chi connectivity index (χ4n) is 3.09. The van der Waals surface area contributed by atoms with E-state index in [9.17, 15) is 14.4 Å². The average molecular weight is 376 g/mol. The molecule has 0 N–H and O–H groups in total. The molecule has 1 fully saturated rings. The second kappa shape index (κ2) is 9.94. The number of aryl methyl sites for hydroxylation is 1. The van der Waals surface area contributed by atoms with Gasteiger partial charge in [0.2, 0.25) is 11.8 Å². The summed E-state index contributed by atoms with van der Waals surface area (Å²) in [6, 6.07) is 5.65. The molecule has 0 aliphatic carbocycles. The molecule has 7 heteroatoms. The van der Waals surface area contributed by atoms with E-state index < -0.39 is 0 Å². The molecule has 1 heterocycles. The molecule has 2 rings (SSSR count). The van der Waals surface area contributed by atoms with Crippen molar-refractivity contribution in [1.82, 2.24) is 9.80 Å². The maximum absolute atomic E-state index is 12.5. The highest BCUT2D eigenvalue weighted by atomic mass is 16.5. The quantitative estimate of drug-likeness (QED) is 0.690. The molecule has 27 heavy (non-hydrogen) atoms. The van der Waals surface area contributed by atoms with Crippen molar-refractivity contribution in [2.75, 3.05) is 40.4 Å². The van der Waals surface area contributed by atoms with Crippen molar-refractivity contribution in [3.63, 3.8) is 0 Å². The number of carbonyl (C=O) groups is 3. The first-order chi connectivity index (χ1) is 12.9. The van der Waals surface area contributed by atoms with Gasteiger partial charge >= 0.3 is 0 Å². The Bertz CT molecular complexity index is 681. The minimum Gasteiger partial charge on any atom is -0.493 e. The summed E-state index contributed by atoms with van der Waals surface area (Å²) in [4.78, 5) is 39.1. The Labute approximate surface area is 160 Å². The zero-order valence-electron chi connectivity index (χ0n) is 16.3. The molecule has 1 aromatic rings. The Kier molecular flexibility index (Phi) is 7.64. The van der Waals surface area contributed by atoms with E-state index in [1.165, 1.54) is 6.92 Å². The molecule has 0 atom stereocenters. The van der Waals surface area contributed by atoms with Gasteiger partial charge in [0.1, 0.15) is 5.78 Å². The van der Waals surface area contributed by atoms with Crippen LogP contribution in [0.25, 0.3) is 0 Å². The lowest BCUT2D eigenvalue weighted by Gasteiger charge is -2.35. The Morgan fingerprint density at radius 3 is 1.93 bits per heavy atom. The van der Waals surface area contributed by atoms with Gasteiger partial charge in [-0.25, -0.2) is 0 Å². The van der Waals surface area contributed by atoms with Crippen LogP contribution < -0.4 is 9.47 Å². The van der Waals surface area contributed by atoms with Gasteiger partial charge in [0.25, 0.3) is 0 Å². The van der Waals surface area contributed by atoms with Crippen LogP contribution in [0.5, 0.6) is 11.5 Å². The van der Waals surface area contributed by atoms with Crippen LogP contribution in [0, 0.1) is 0 Å². The molecule has 2 amide bonds. The maximum atomic E-state index is 12.5. The van der Waals surface area contributed by atoms with Gasteiger partial charge in [-0.1, -0.05) is 6.07 Å². The van der Waals surface area contributed by atoms with Crippen molar-refractivity contribution in [3.8, 4) is 11.5 Å². The Hall–Kier alpha value is -2.57. The number of rotatable bonds is 8. The van der Waals surface area contributed by atoms with Crippen LogP contribution >= 0.6 is 0 Å². The van der Waals surface area contributed by atoms with E-state index in [1.807, 2.05) is 18.2 Å². The molecule has 148 valence electrons. The summed E-state index contributed by atoms with van der Waals surface area (Å²) in [5, 5.41) is 0. The fourth-order valence-corrected chi connectivity index (χ4v) is 3.09. The first-order valence-electron chi connectivity index (χ1n) is 9.20. The molecular weight excluding hydrogens is 348 g/mol. The van der Waals surface area contributed by atoms with Crippen LogP contribution in [-0.2, 0) is 20.8 Å². The third-order valence-corrected chi connectivity index (χ3v) is 4.75. The zero-order valence-corrected chi connectivity index (χ0v) is 16.3. The van der Waals surface area contributed by atoms with E-state index >= 15 is 0 Å². The van der Waals surface area contributed by atoms with Crippen molar-refractivity contribution in [2.24, 2.45) is 0 Å². The molecule has 0 aromatic heterocycles. The first kappa shape index (κ1) is 20.7. The van der Waals surface area contributed by atoms with E-state index in [4.69, 9.17) is 9.47 Å². The zero-order chi connectivity index (χ0) is 19.8. The lowest BCUT2D eigenvalue weighted by Crippen LogP contribution is -2.50. The maximum Gasteiger partial charge on any atom is 0.223 e. The molecule has 0 bridgehead atoms. The number of ketones is 1. The molecule has 7 nitrogen and oxygen atoms in total. The van der Waals surface area contributed by atoms with Crippen LogP contribution in [-0.4, -0.2) is 67.8 Å². The molecule has 1 aromatic carbocycles. The summed E-state index contributed by atoms with van der Waals surface area (Å²) in [7, 11) is 3.18. The standard InChI is InChI=1S/C20H28N2O5/c1-15(23)4-8-19(24)21-10-12-22(13-11-21)20(25)9-6-16-5-7-17(26-2)18(14-16)27-3/h5,7,14H,4,6,8-13H2,1-3H3. The van der Waals surface area contributed by atoms with Crippen molar-refractivity contribution in [3.05, 3.63) is 23.8 Å². The summed E-state index contributed by atoms with van der Waals surface area (Å²) in [5.74, 6) is 1.41. The summed E-state index contributed by atoms with van der Waals surface area (Å²) in [6.45, 7) is 3.62. The number of methoxy groups -OCH3 is 2. The van der Waals surface area contributed by atoms with Gasteiger partial charge < -0.3 is 24.1 Å². The van der Waals surface area contributed by atoms with Crippen LogP contribution in [0.4, 0.5) is 0 Å². The minimum atomic E-state index is -0.0115. The van der Waals surface area contributed by atoms with Crippen molar-refractivity contribution >= 4 is 17.6 Å². The monoisotopic (exact) mass is 376 g/mol. The number of piperazine rings is 1. The van der Waals surface area contributed by atoms with E-state index in [0.29, 0.717) is 50.5 Å². The van der Waals surface area contributed by atoms with Crippen LogP contribution in [0.15, 0.2) is 18.2 Å². The molecule has 0 saturated carbocycles. The molecule has 1 aliphatic rings. The van der Waals surface area contributed by atoms with Crippen molar-refractivity contribution < 1.29 is 23.9 Å². The number of hydrogen-bond acceptors (Lipinski definition) is 5. The van der Waals surface area contributed by atoms with Gasteiger partial charge in [0.15, 0.2) is 11.5 Å². The number of Topliss-reactive ketones (excluding diaryl/α,β-unsaturated/α-hetero) is 1.